The van der Waals surface area contributed by atoms with Crippen LogP contribution in [-0.4, -0.2) is 29.3 Å². The van der Waals surface area contributed by atoms with E-state index >= 15 is 0 Å². The molecular weight excluding hydrogens is 240 g/mol. The fraction of sp³-hybridized carbons (Fsp3) is 0.667. The van der Waals surface area contributed by atoms with E-state index in [1.165, 1.54) is 6.42 Å². The van der Waals surface area contributed by atoms with Crippen molar-refractivity contribution in [2.75, 3.05) is 13.7 Å². The zero-order valence-corrected chi connectivity index (χ0v) is 11.9. The molecule has 4 nitrogen and oxygen atoms in total. The summed E-state index contributed by atoms with van der Waals surface area (Å²) < 4.78 is 5.10. The van der Waals surface area contributed by atoms with E-state index in [4.69, 9.17) is 4.74 Å². The molecule has 0 spiro atoms. The first-order chi connectivity index (χ1) is 9.11. The van der Waals surface area contributed by atoms with Crippen molar-refractivity contribution in [1.29, 1.82) is 0 Å². The molecule has 0 aromatic carbocycles. The van der Waals surface area contributed by atoms with E-state index in [-0.39, 0.29) is 0 Å². The maximum atomic E-state index is 10.5. The van der Waals surface area contributed by atoms with Crippen molar-refractivity contribution in [2.24, 2.45) is 5.92 Å². The number of nitrogens with zero attached hydrogens (tertiary/aromatic N) is 1. The topological polar surface area (TPSA) is 54.4 Å². The molecule has 1 aliphatic carbocycles. The summed E-state index contributed by atoms with van der Waals surface area (Å²) in [6.07, 6.45) is 4.15. The molecule has 1 aromatic rings. The van der Waals surface area contributed by atoms with Crippen LogP contribution in [0, 0.1) is 5.92 Å². The normalized spacial score (nSPS) is 27.2. The molecule has 0 bridgehead atoms. The standard InChI is InChI=1S/C15H24N2O2/c1-12-5-4-8-15(18,9-12)11-16-10-13-6-3-7-14(17-13)19-2/h3,6-7,12,16,18H,4-5,8-11H2,1-2H3. The molecule has 0 amide bonds. The Kier molecular flexibility index (Phi) is 4.77. The fourth-order valence-electron chi connectivity index (χ4n) is 2.89. The first-order valence-corrected chi connectivity index (χ1v) is 7.04. The van der Waals surface area contributed by atoms with Gasteiger partial charge in [-0.05, 0) is 24.8 Å². The molecule has 2 rings (SSSR count). The second-order valence-corrected chi connectivity index (χ2v) is 5.70. The second kappa shape index (κ2) is 6.35. The fourth-order valence-corrected chi connectivity index (χ4v) is 2.89. The van der Waals surface area contributed by atoms with Gasteiger partial charge in [-0.2, -0.15) is 0 Å². The van der Waals surface area contributed by atoms with Crippen LogP contribution in [0.4, 0.5) is 0 Å². The zero-order chi connectivity index (χ0) is 13.7. The van der Waals surface area contributed by atoms with Gasteiger partial charge in [0.05, 0.1) is 18.4 Å². The van der Waals surface area contributed by atoms with Crippen molar-refractivity contribution in [3.63, 3.8) is 0 Å². The first-order valence-electron chi connectivity index (χ1n) is 7.04. The molecule has 1 aromatic heterocycles. The number of hydrogen-bond acceptors (Lipinski definition) is 4. The highest BCUT2D eigenvalue weighted by molar-refractivity contribution is 5.15. The lowest BCUT2D eigenvalue weighted by atomic mass is 9.79. The van der Waals surface area contributed by atoms with E-state index in [9.17, 15) is 5.11 Å². The molecule has 1 heterocycles. The number of ether oxygens (including phenoxy) is 1. The Hall–Kier alpha value is -1.13. The van der Waals surface area contributed by atoms with Gasteiger partial charge in [0.2, 0.25) is 5.88 Å². The van der Waals surface area contributed by atoms with Crippen molar-refractivity contribution in [3.8, 4) is 5.88 Å². The van der Waals surface area contributed by atoms with Crippen molar-refractivity contribution in [1.82, 2.24) is 10.3 Å². The third kappa shape index (κ3) is 4.18. The van der Waals surface area contributed by atoms with Gasteiger partial charge in [0.1, 0.15) is 0 Å². The molecule has 1 fully saturated rings. The van der Waals surface area contributed by atoms with Gasteiger partial charge in [-0.1, -0.05) is 25.8 Å². The van der Waals surface area contributed by atoms with E-state index in [1.807, 2.05) is 18.2 Å². The third-order valence-corrected chi connectivity index (χ3v) is 3.82. The third-order valence-electron chi connectivity index (χ3n) is 3.82. The predicted molar refractivity (Wildman–Crippen MR) is 75.1 cm³/mol. The van der Waals surface area contributed by atoms with Crippen molar-refractivity contribution in [2.45, 2.75) is 44.8 Å². The summed E-state index contributed by atoms with van der Waals surface area (Å²) in [5.74, 6) is 1.25. The Morgan fingerprint density at radius 1 is 1.53 bits per heavy atom. The zero-order valence-electron chi connectivity index (χ0n) is 11.9. The summed E-state index contributed by atoms with van der Waals surface area (Å²) in [6, 6.07) is 5.73. The molecule has 0 aliphatic heterocycles. The molecular formula is C15H24N2O2. The van der Waals surface area contributed by atoms with Gasteiger partial charge in [0.15, 0.2) is 0 Å². The largest absolute Gasteiger partial charge is 0.481 e. The Balaban J connectivity index is 1.82. The number of pyridine rings is 1. The molecule has 2 N–H and O–H groups in total. The lowest BCUT2D eigenvalue weighted by Gasteiger charge is -2.35. The highest BCUT2D eigenvalue weighted by Crippen LogP contribution is 2.31. The Morgan fingerprint density at radius 3 is 3.11 bits per heavy atom. The number of methoxy groups -OCH3 is 1. The number of nitrogens with one attached hydrogen (secondary N) is 1. The average Bonchev–Trinajstić information content (AvgIpc) is 2.38. The van der Waals surface area contributed by atoms with Gasteiger partial charge in [0, 0.05) is 19.2 Å². The quantitative estimate of drug-likeness (QED) is 0.855. The predicted octanol–water partition coefficient (Wildman–Crippen LogP) is 2.12. The van der Waals surface area contributed by atoms with Gasteiger partial charge in [0.25, 0.3) is 0 Å². The molecule has 0 saturated heterocycles. The highest BCUT2D eigenvalue weighted by Gasteiger charge is 2.31. The number of hydrogen-bond donors (Lipinski definition) is 2. The molecule has 2 unspecified atom stereocenters. The highest BCUT2D eigenvalue weighted by atomic mass is 16.5. The van der Waals surface area contributed by atoms with Crippen LogP contribution in [-0.2, 0) is 6.54 Å². The minimum absolute atomic E-state index is 0.545. The maximum Gasteiger partial charge on any atom is 0.213 e. The van der Waals surface area contributed by atoms with E-state index in [0.29, 0.717) is 24.9 Å². The summed E-state index contributed by atoms with van der Waals surface area (Å²) in [4.78, 5) is 4.35. The van der Waals surface area contributed by atoms with Gasteiger partial charge in [-0.25, -0.2) is 4.98 Å². The van der Waals surface area contributed by atoms with Crippen molar-refractivity contribution < 1.29 is 9.84 Å². The Bertz CT molecular complexity index is 411. The van der Waals surface area contributed by atoms with Crippen molar-refractivity contribution in [3.05, 3.63) is 23.9 Å². The summed E-state index contributed by atoms with van der Waals surface area (Å²) >= 11 is 0. The van der Waals surface area contributed by atoms with Crippen LogP contribution >= 0.6 is 0 Å². The summed E-state index contributed by atoms with van der Waals surface area (Å²) in [5, 5.41) is 13.8. The maximum absolute atomic E-state index is 10.5. The van der Waals surface area contributed by atoms with Crippen LogP contribution in [0.1, 0.15) is 38.3 Å². The number of aromatic nitrogens is 1. The molecule has 19 heavy (non-hydrogen) atoms. The van der Waals surface area contributed by atoms with Crippen LogP contribution in [0.5, 0.6) is 5.88 Å². The van der Waals surface area contributed by atoms with Crippen LogP contribution < -0.4 is 10.1 Å². The van der Waals surface area contributed by atoms with Crippen LogP contribution in [0.25, 0.3) is 0 Å². The van der Waals surface area contributed by atoms with E-state index in [2.05, 4.69) is 17.2 Å². The molecule has 1 aliphatic rings. The molecule has 4 heteroatoms. The Morgan fingerprint density at radius 2 is 2.37 bits per heavy atom. The summed E-state index contributed by atoms with van der Waals surface area (Å²) in [6.45, 7) is 3.51. The second-order valence-electron chi connectivity index (χ2n) is 5.70. The van der Waals surface area contributed by atoms with Gasteiger partial charge in [-0.15, -0.1) is 0 Å². The molecule has 2 atom stereocenters. The molecule has 0 radical (unpaired) electrons. The van der Waals surface area contributed by atoms with E-state index in [0.717, 1.165) is 25.0 Å². The SMILES string of the molecule is COc1cccc(CNCC2(O)CCCC(C)C2)n1. The summed E-state index contributed by atoms with van der Waals surface area (Å²) in [7, 11) is 1.62. The molecule has 1 saturated carbocycles. The smallest absolute Gasteiger partial charge is 0.213 e. The van der Waals surface area contributed by atoms with Crippen LogP contribution in [0.2, 0.25) is 0 Å². The summed E-state index contributed by atoms with van der Waals surface area (Å²) in [5.41, 5.74) is 0.392. The van der Waals surface area contributed by atoms with E-state index in [1.54, 1.807) is 7.11 Å². The van der Waals surface area contributed by atoms with Gasteiger partial charge >= 0.3 is 0 Å². The average molecular weight is 264 g/mol. The first kappa shape index (κ1) is 14.3. The number of aliphatic hydroxyl groups is 1. The van der Waals surface area contributed by atoms with Crippen molar-refractivity contribution >= 4 is 0 Å². The van der Waals surface area contributed by atoms with Crippen LogP contribution in [0.15, 0.2) is 18.2 Å². The minimum Gasteiger partial charge on any atom is -0.481 e. The minimum atomic E-state index is -0.545. The van der Waals surface area contributed by atoms with E-state index < -0.39 is 5.60 Å². The lowest BCUT2D eigenvalue weighted by Crippen LogP contribution is -2.43. The van der Waals surface area contributed by atoms with Gasteiger partial charge in [-0.3, -0.25) is 0 Å². The van der Waals surface area contributed by atoms with Crippen LogP contribution in [0.3, 0.4) is 0 Å². The Labute approximate surface area is 115 Å². The van der Waals surface area contributed by atoms with Gasteiger partial charge < -0.3 is 15.2 Å². The molecule has 106 valence electrons. The lowest BCUT2D eigenvalue weighted by molar-refractivity contribution is -0.0119. The monoisotopic (exact) mass is 264 g/mol. The number of rotatable bonds is 5.